The molecule has 0 bridgehead atoms. The number of carbonyl (C=O) groups is 2. The zero-order valence-electron chi connectivity index (χ0n) is 30.8. The lowest BCUT2D eigenvalue weighted by atomic mass is 10.1. The Morgan fingerprint density at radius 3 is 1.43 bits per heavy atom. The van der Waals surface area contributed by atoms with Gasteiger partial charge in [0.05, 0.1) is 6.61 Å². The number of esters is 2. The van der Waals surface area contributed by atoms with Crippen LogP contribution in [0.4, 0.5) is 0 Å². The van der Waals surface area contributed by atoms with Gasteiger partial charge in [0.25, 0.3) is 0 Å². The molecular weight excluding hydrogens is 639 g/mol. The molecule has 0 rings (SSSR count). The Hall–Kier alpha value is -2.25. The third-order valence-corrected chi connectivity index (χ3v) is 8.24. The Balaban J connectivity index is 4.05. The normalized spacial score (nSPS) is 13.1. The van der Waals surface area contributed by atoms with Gasteiger partial charge in [-0.25, -0.2) is 4.57 Å². The molecule has 0 saturated heterocycles. The molecule has 0 saturated carbocycles. The van der Waals surface area contributed by atoms with Crippen LogP contribution >= 0.6 is 7.82 Å². The van der Waals surface area contributed by atoms with Gasteiger partial charge in [0.15, 0.2) is 6.10 Å². The van der Waals surface area contributed by atoms with Crippen LogP contribution in [-0.4, -0.2) is 41.0 Å². The maximum absolute atomic E-state index is 12.4. The van der Waals surface area contributed by atoms with Gasteiger partial charge in [0.1, 0.15) is 6.61 Å². The Bertz CT molecular complexity index is 979. The zero-order valence-corrected chi connectivity index (χ0v) is 31.7. The van der Waals surface area contributed by atoms with Crippen LogP contribution in [0.1, 0.15) is 162 Å². The van der Waals surface area contributed by atoms with Crippen molar-refractivity contribution in [1.82, 2.24) is 0 Å². The smallest absolute Gasteiger partial charge is 0.462 e. The number of unbranched alkanes of at least 4 members (excludes halogenated alkanes) is 14. The van der Waals surface area contributed by atoms with Gasteiger partial charge in [-0.15, -0.1) is 0 Å². The van der Waals surface area contributed by atoms with E-state index >= 15 is 0 Å². The van der Waals surface area contributed by atoms with Crippen molar-refractivity contribution in [2.45, 2.75) is 168 Å². The van der Waals surface area contributed by atoms with Crippen molar-refractivity contribution in [1.29, 1.82) is 0 Å². The summed E-state index contributed by atoms with van der Waals surface area (Å²) in [5.41, 5.74) is 0. The molecule has 0 aliphatic heterocycles. The minimum absolute atomic E-state index is 0.180. The molecule has 0 amide bonds. The van der Waals surface area contributed by atoms with E-state index in [1.54, 1.807) is 0 Å². The number of carbonyl (C=O) groups excluding carboxylic acids is 2. The summed E-state index contributed by atoms with van der Waals surface area (Å²) in [4.78, 5) is 42.7. The van der Waals surface area contributed by atoms with Gasteiger partial charge in [-0.1, -0.05) is 132 Å². The second kappa shape index (κ2) is 35.6. The third-order valence-electron chi connectivity index (χ3n) is 7.76. The zero-order chi connectivity index (χ0) is 36.1. The Kier molecular flexibility index (Phi) is 33.9. The van der Waals surface area contributed by atoms with E-state index in [1.165, 1.54) is 38.5 Å². The number of rotatable bonds is 34. The summed E-state index contributed by atoms with van der Waals surface area (Å²) < 4.78 is 26.3. The van der Waals surface area contributed by atoms with E-state index in [2.05, 4.69) is 79.1 Å². The summed E-state index contributed by atoms with van der Waals surface area (Å²) in [6, 6.07) is 0. The quantitative estimate of drug-likeness (QED) is 0.0293. The molecule has 0 unspecified atom stereocenters. The fraction of sp³-hybridized carbons (Fsp3) is 0.700. The van der Waals surface area contributed by atoms with E-state index in [1.807, 2.05) is 0 Å². The highest BCUT2D eigenvalue weighted by Gasteiger charge is 2.22. The molecule has 0 spiro atoms. The highest BCUT2D eigenvalue weighted by molar-refractivity contribution is 7.46. The summed E-state index contributed by atoms with van der Waals surface area (Å²) in [6.45, 7) is 3.57. The van der Waals surface area contributed by atoms with Crippen molar-refractivity contribution in [2.24, 2.45) is 0 Å². The molecule has 0 aliphatic rings. The molecule has 2 N–H and O–H groups in total. The lowest BCUT2D eigenvalue weighted by Gasteiger charge is -2.18. The summed E-state index contributed by atoms with van der Waals surface area (Å²) in [6.07, 6.45) is 43.6. The molecule has 49 heavy (non-hydrogen) atoms. The molecule has 0 aliphatic carbocycles. The van der Waals surface area contributed by atoms with Crippen LogP contribution in [0.15, 0.2) is 60.8 Å². The van der Waals surface area contributed by atoms with Crippen molar-refractivity contribution in [3.05, 3.63) is 60.8 Å². The van der Waals surface area contributed by atoms with Gasteiger partial charge in [0.2, 0.25) is 0 Å². The van der Waals surface area contributed by atoms with Gasteiger partial charge in [0, 0.05) is 12.8 Å². The second-order valence-corrected chi connectivity index (χ2v) is 13.8. The van der Waals surface area contributed by atoms with Crippen LogP contribution < -0.4 is 0 Å². The molecule has 8 nitrogen and oxygen atoms in total. The molecule has 0 aromatic carbocycles. The van der Waals surface area contributed by atoms with E-state index < -0.39 is 32.5 Å². The van der Waals surface area contributed by atoms with Gasteiger partial charge in [-0.2, -0.15) is 0 Å². The average Bonchev–Trinajstić information content (AvgIpc) is 3.07. The number of hydrogen-bond donors (Lipinski definition) is 2. The Morgan fingerprint density at radius 1 is 0.531 bits per heavy atom. The van der Waals surface area contributed by atoms with Crippen molar-refractivity contribution >= 4 is 19.8 Å². The number of hydrogen-bond acceptors (Lipinski definition) is 6. The monoisotopic (exact) mass is 708 g/mol. The van der Waals surface area contributed by atoms with Crippen molar-refractivity contribution in [2.75, 3.05) is 13.2 Å². The number of phosphoric acid groups is 1. The molecular formula is C40H69O8P. The van der Waals surface area contributed by atoms with Crippen molar-refractivity contribution in [3.8, 4) is 0 Å². The first kappa shape index (κ1) is 46.8. The number of ether oxygens (including phenoxy) is 2. The Labute approximate surface area is 298 Å². The van der Waals surface area contributed by atoms with Crippen molar-refractivity contribution < 1.29 is 37.9 Å². The minimum Gasteiger partial charge on any atom is -0.462 e. The van der Waals surface area contributed by atoms with Crippen LogP contribution in [0.2, 0.25) is 0 Å². The van der Waals surface area contributed by atoms with Crippen molar-refractivity contribution in [3.63, 3.8) is 0 Å². The first-order chi connectivity index (χ1) is 23.8. The molecule has 0 aromatic heterocycles. The van der Waals surface area contributed by atoms with Crippen LogP contribution in [0, 0.1) is 0 Å². The summed E-state index contributed by atoms with van der Waals surface area (Å²) in [5.74, 6) is -0.932. The molecule has 9 heteroatoms. The number of allylic oxidation sites excluding steroid dienone is 10. The fourth-order valence-electron chi connectivity index (χ4n) is 4.86. The lowest BCUT2D eigenvalue weighted by Crippen LogP contribution is -2.29. The maximum atomic E-state index is 12.4. The fourth-order valence-corrected chi connectivity index (χ4v) is 5.23. The van der Waals surface area contributed by atoms with Gasteiger partial charge in [-0.3, -0.25) is 14.1 Å². The first-order valence-electron chi connectivity index (χ1n) is 19.1. The average molecular weight is 709 g/mol. The molecule has 0 radical (unpaired) electrons. The van der Waals surface area contributed by atoms with E-state index in [0.29, 0.717) is 12.8 Å². The minimum atomic E-state index is -4.76. The summed E-state index contributed by atoms with van der Waals surface area (Å²) in [5, 5.41) is 0. The van der Waals surface area contributed by atoms with Crippen LogP contribution in [0.5, 0.6) is 0 Å². The van der Waals surface area contributed by atoms with Crippen LogP contribution in [0.3, 0.4) is 0 Å². The van der Waals surface area contributed by atoms with E-state index in [9.17, 15) is 14.2 Å². The molecule has 0 aromatic rings. The Morgan fingerprint density at radius 2 is 0.939 bits per heavy atom. The van der Waals surface area contributed by atoms with Gasteiger partial charge >= 0.3 is 19.8 Å². The largest absolute Gasteiger partial charge is 0.469 e. The van der Waals surface area contributed by atoms with Gasteiger partial charge in [-0.05, 0) is 77.0 Å². The molecule has 282 valence electrons. The summed E-state index contributed by atoms with van der Waals surface area (Å²) >= 11 is 0. The van der Waals surface area contributed by atoms with E-state index in [-0.39, 0.29) is 19.4 Å². The lowest BCUT2D eigenvalue weighted by molar-refractivity contribution is -0.161. The molecule has 1 atom stereocenters. The standard InChI is InChI=1S/C40H69O8P/c1-3-5-7-9-11-13-15-17-19-20-21-23-25-27-29-31-33-35-40(42)48-38(37-47-49(43,44)45)36-46-39(41)34-32-30-28-26-24-22-18-16-14-12-10-8-6-4-2/h10-13,16-19,21,23,38H,3-9,14-15,20,22,24-37H2,1-2H3,(H2,43,44,45)/b12-10-,13-11-,18-16-,19-17-,23-21-/t38-/m1/s1. The van der Waals surface area contributed by atoms with Crippen LogP contribution in [-0.2, 0) is 28.2 Å². The number of phosphoric ester groups is 1. The predicted octanol–water partition coefficient (Wildman–Crippen LogP) is 11.3. The first-order valence-corrected chi connectivity index (χ1v) is 20.6. The van der Waals surface area contributed by atoms with Gasteiger partial charge < -0.3 is 19.3 Å². The predicted molar refractivity (Wildman–Crippen MR) is 202 cm³/mol. The molecule has 0 heterocycles. The SMILES string of the molecule is CCCC/C=C\C/C=C\CCCCCCCC(=O)OC[C@H](COP(=O)(O)O)OC(=O)CCCCCC/C=C\C/C=C\C/C=C\CCCCC. The third kappa shape index (κ3) is 38.4. The maximum Gasteiger partial charge on any atom is 0.469 e. The molecule has 0 fully saturated rings. The highest BCUT2D eigenvalue weighted by Crippen LogP contribution is 2.36. The topological polar surface area (TPSA) is 119 Å². The summed E-state index contributed by atoms with van der Waals surface area (Å²) in [7, 11) is -4.76. The highest BCUT2D eigenvalue weighted by atomic mass is 31.2. The van der Waals surface area contributed by atoms with E-state index in [4.69, 9.17) is 19.3 Å². The van der Waals surface area contributed by atoms with E-state index in [0.717, 1.165) is 83.5 Å². The second-order valence-electron chi connectivity index (χ2n) is 12.5. The van der Waals surface area contributed by atoms with Crippen LogP contribution in [0.25, 0.3) is 0 Å².